The van der Waals surface area contributed by atoms with Gasteiger partial charge in [0.2, 0.25) is 0 Å². The van der Waals surface area contributed by atoms with Crippen molar-refractivity contribution in [2.45, 2.75) is 26.5 Å². The van der Waals surface area contributed by atoms with Crippen molar-refractivity contribution in [3.63, 3.8) is 0 Å². The third kappa shape index (κ3) is 4.77. The molecule has 0 fully saturated rings. The lowest BCUT2D eigenvalue weighted by Crippen LogP contribution is -2.02. The zero-order chi connectivity index (χ0) is 17.5. The number of nitrogens with one attached hydrogen (secondary N) is 1. The molecule has 0 saturated heterocycles. The molecular formula is C22H22ClNO. The molecular weight excluding hydrogens is 330 g/mol. The van der Waals surface area contributed by atoms with E-state index in [4.69, 9.17) is 16.3 Å². The van der Waals surface area contributed by atoms with Crippen LogP contribution in [0.4, 0.5) is 5.69 Å². The predicted octanol–water partition coefficient (Wildman–Crippen LogP) is 6.09. The second-order valence-corrected chi connectivity index (χ2v) is 6.30. The number of aryl methyl sites for hydroxylation is 1. The first-order valence-electron chi connectivity index (χ1n) is 8.53. The number of ether oxygens (including phenoxy) is 1. The molecule has 0 radical (unpaired) electrons. The van der Waals surface area contributed by atoms with Crippen molar-refractivity contribution in [3.8, 4) is 5.75 Å². The molecule has 0 aromatic heterocycles. The summed E-state index contributed by atoms with van der Waals surface area (Å²) < 4.78 is 5.82. The lowest BCUT2D eigenvalue weighted by atomic mass is 10.1. The molecule has 3 aromatic carbocycles. The molecule has 0 unspecified atom stereocenters. The fourth-order valence-corrected chi connectivity index (χ4v) is 2.87. The fraction of sp³-hybridized carbons (Fsp3) is 0.182. The molecule has 0 amide bonds. The Morgan fingerprint density at radius 3 is 2.24 bits per heavy atom. The van der Waals surface area contributed by atoms with E-state index >= 15 is 0 Å². The predicted molar refractivity (Wildman–Crippen MR) is 105 cm³/mol. The van der Waals surface area contributed by atoms with Crippen LogP contribution in [0.2, 0.25) is 5.02 Å². The Hall–Kier alpha value is -2.45. The van der Waals surface area contributed by atoms with Crippen LogP contribution in [-0.4, -0.2) is 0 Å². The maximum absolute atomic E-state index is 6.15. The van der Waals surface area contributed by atoms with Crippen molar-refractivity contribution >= 4 is 17.3 Å². The molecule has 0 spiro atoms. The molecule has 1 N–H and O–H groups in total. The molecule has 128 valence electrons. The normalized spacial score (nSPS) is 10.5. The van der Waals surface area contributed by atoms with Crippen molar-refractivity contribution in [1.29, 1.82) is 0 Å². The maximum Gasteiger partial charge on any atom is 0.119 e. The van der Waals surface area contributed by atoms with Gasteiger partial charge in [0.15, 0.2) is 0 Å². The van der Waals surface area contributed by atoms with E-state index in [9.17, 15) is 0 Å². The minimum atomic E-state index is 0.473. The highest BCUT2D eigenvalue weighted by molar-refractivity contribution is 6.31. The van der Waals surface area contributed by atoms with Crippen LogP contribution in [-0.2, 0) is 19.6 Å². The molecule has 0 bridgehead atoms. The first-order valence-corrected chi connectivity index (χ1v) is 8.91. The highest BCUT2D eigenvalue weighted by Gasteiger charge is 2.02. The average Bonchev–Trinajstić information content (AvgIpc) is 2.67. The summed E-state index contributed by atoms with van der Waals surface area (Å²) in [6, 6.07) is 24.3. The third-order valence-electron chi connectivity index (χ3n) is 4.16. The number of hydrogen-bond acceptors (Lipinski definition) is 2. The van der Waals surface area contributed by atoms with Gasteiger partial charge in [0, 0.05) is 22.8 Å². The van der Waals surface area contributed by atoms with Crippen molar-refractivity contribution in [1.82, 2.24) is 0 Å². The summed E-state index contributed by atoms with van der Waals surface area (Å²) in [5, 5.41) is 4.24. The summed E-state index contributed by atoms with van der Waals surface area (Å²) in [6.45, 7) is 3.44. The molecule has 0 aliphatic rings. The van der Waals surface area contributed by atoms with Crippen molar-refractivity contribution in [2.24, 2.45) is 0 Å². The van der Waals surface area contributed by atoms with Gasteiger partial charge < -0.3 is 10.1 Å². The Bertz CT molecular complexity index is 814. The van der Waals surface area contributed by atoms with Crippen LogP contribution in [0.25, 0.3) is 0 Å². The standard InChI is InChI=1S/C22H22ClNO/c1-2-18-7-4-6-10-22(18)24-15-17-11-13-20(14-12-17)25-16-19-8-3-5-9-21(19)23/h3-14,24H,2,15-16H2,1H3. The first-order chi connectivity index (χ1) is 12.3. The Labute approximate surface area is 154 Å². The van der Waals surface area contributed by atoms with Crippen LogP contribution in [0, 0.1) is 0 Å². The monoisotopic (exact) mass is 351 g/mol. The number of para-hydroxylation sites is 1. The van der Waals surface area contributed by atoms with Gasteiger partial charge in [0.1, 0.15) is 12.4 Å². The topological polar surface area (TPSA) is 21.3 Å². The number of halogens is 1. The molecule has 2 nitrogen and oxygen atoms in total. The summed E-state index contributed by atoms with van der Waals surface area (Å²) in [7, 11) is 0. The van der Waals surface area contributed by atoms with Crippen molar-refractivity contribution < 1.29 is 4.74 Å². The van der Waals surface area contributed by atoms with Crippen LogP contribution in [0.1, 0.15) is 23.6 Å². The maximum atomic E-state index is 6.15. The Kier molecular flexibility index (Phi) is 5.97. The highest BCUT2D eigenvalue weighted by atomic mass is 35.5. The minimum absolute atomic E-state index is 0.473. The van der Waals surface area contributed by atoms with Gasteiger partial charge >= 0.3 is 0 Å². The van der Waals surface area contributed by atoms with E-state index in [0.717, 1.165) is 29.3 Å². The lowest BCUT2D eigenvalue weighted by molar-refractivity contribution is 0.306. The fourth-order valence-electron chi connectivity index (χ4n) is 2.68. The molecule has 0 aliphatic heterocycles. The summed E-state index contributed by atoms with van der Waals surface area (Å²) >= 11 is 6.15. The van der Waals surface area contributed by atoms with Gasteiger partial charge in [-0.1, -0.05) is 67.1 Å². The first kappa shape index (κ1) is 17.4. The zero-order valence-electron chi connectivity index (χ0n) is 14.3. The molecule has 0 saturated carbocycles. The smallest absolute Gasteiger partial charge is 0.119 e. The number of benzene rings is 3. The Balaban J connectivity index is 1.56. The second-order valence-electron chi connectivity index (χ2n) is 5.89. The molecule has 0 heterocycles. The van der Waals surface area contributed by atoms with Crippen LogP contribution in [0.5, 0.6) is 5.75 Å². The summed E-state index contributed by atoms with van der Waals surface area (Å²) in [4.78, 5) is 0. The lowest BCUT2D eigenvalue weighted by Gasteiger charge is -2.12. The largest absolute Gasteiger partial charge is 0.489 e. The number of rotatable bonds is 7. The van der Waals surface area contributed by atoms with Gasteiger partial charge in [-0.05, 0) is 41.8 Å². The second kappa shape index (κ2) is 8.59. The Morgan fingerprint density at radius 1 is 0.840 bits per heavy atom. The summed E-state index contributed by atoms with van der Waals surface area (Å²) in [6.07, 6.45) is 1.03. The van der Waals surface area contributed by atoms with E-state index in [0.29, 0.717) is 6.61 Å². The van der Waals surface area contributed by atoms with E-state index in [2.05, 4.69) is 48.6 Å². The van der Waals surface area contributed by atoms with E-state index in [1.165, 1.54) is 16.8 Å². The molecule has 0 aliphatic carbocycles. The highest BCUT2D eigenvalue weighted by Crippen LogP contribution is 2.20. The van der Waals surface area contributed by atoms with Crippen molar-refractivity contribution in [2.75, 3.05) is 5.32 Å². The van der Waals surface area contributed by atoms with Crippen LogP contribution in [0.3, 0.4) is 0 Å². The molecule has 3 aromatic rings. The van der Waals surface area contributed by atoms with Gasteiger partial charge in [-0.3, -0.25) is 0 Å². The van der Waals surface area contributed by atoms with E-state index in [1.807, 2.05) is 36.4 Å². The van der Waals surface area contributed by atoms with Gasteiger partial charge in [-0.2, -0.15) is 0 Å². The molecule has 3 heteroatoms. The molecule has 0 atom stereocenters. The van der Waals surface area contributed by atoms with Crippen molar-refractivity contribution in [3.05, 3.63) is 94.5 Å². The molecule has 25 heavy (non-hydrogen) atoms. The zero-order valence-corrected chi connectivity index (χ0v) is 15.1. The van der Waals surface area contributed by atoms with Crippen LogP contribution >= 0.6 is 11.6 Å². The van der Waals surface area contributed by atoms with Gasteiger partial charge in [0.25, 0.3) is 0 Å². The van der Waals surface area contributed by atoms with Gasteiger partial charge in [-0.15, -0.1) is 0 Å². The van der Waals surface area contributed by atoms with Crippen LogP contribution < -0.4 is 10.1 Å². The Morgan fingerprint density at radius 2 is 1.52 bits per heavy atom. The SMILES string of the molecule is CCc1ccccc1NCc1ccc(OCc2ccccc2Cl)cc1. The number of anilines is 1. The average molecular weight is 352 g/mol. The van der Waals surface area contributed by atoms with E-state index < -0.39 is 0 Å². The summed E-state index contributed by atoms with van der Waals surface area (Å²) in [5.41, 5.74) is 4.74. The van der Waals surface area contributed by atoms with E-state index in [1.54, 1.807) is 0 Å². The third-order valence-corrected chi connectivity index (χ3v) is 4.53. The quantitative estimate of drug-likeness (QED) is 0.555. The van der Waals surface area contributed by atoms with Gasteiger partial charge in [-0.25, -0.2) is 0 Å². The van der Waals surface area contributed by atoms with Crippen LogP contribution in [0.15, 0.2) is 72.8 Å². The molecule has 3 rings (SSSR count). The van der Waals surface area contributed by atoms with E-state index in [-0.39, 0.29) is 0 Å². The summed E-state index contributed by atoms with van der Waals surface area (Å²) in [5.74, 6) is 0.845. The minimum Gasteiger partial charge on any atom is -0.489 e. The van der Waals surface area contributed by atoms with Gasteiger partial charge in [0.05, 0.1) is 0 Å². The number of hydrogen-bond donors (Lipinski definition) is 1.